The highest BCUT2D eigenvalue weighted by molar-refractivity contribution is 7.90. The number of nitrogens with zero attached hydrogens (tertiary/aromatic N) is 1. The van der Waals surface area contributed by atoms with Crippen LogP contribution in [0.3, 0.4) is 0 Å². The van der Waals surface area contributed by atoms with Gasteiger partial charge in [0.1, 0.15) is 5.82 Å². The monoisotopic (exact) mass is 232 g/mol. The van der Waals surface area contributed by atoms with Gasteiger partial charge in [0.15, 0.2) is 0 Å². The second-order valence-electron chi connectivity index (χ2n) is 2.67. The van der Waals surface area contributed by atoms with Gasteiger partial charge in [-0.05, 0) is 18.2 Å². The summed E-state index contributed by atoms with van der Waals surface area (Å²) in [6.07, 6.45) is 0. The van der Waals surface area contributed by atoms with Crippen LogP contribution in [0, 0.1) is 5.82 Å². The average Bonchev–Trinajstić information content (AvgIpc) is 2.07. The number of sulfonamides is 1. The predicted molar refractivity (Wildman–Crippen MR) is 53.8 cm³/mol. The van der Waals surface area contributed by atoms with Crippen molar-refractivity contribution in [3.8, 4) is 0 Å². The molecule has 1 rings (SSSR count). The van der Waals surface area contributed by atoms with Crippen LogP contribution in [0.5, 0.6) is 0 Å². The van der Waals surface area contributed by atoms with E-state index in [2.05, 4.69) is 4.40 Å². The zero-order valence-electron chi connectivity index (χ0n) is 7.51. The number of rotatable bonds is 2. The van der Waals surface area contributed by atoms with Gasteiger partial charge < -0.3 is 17.2 Å². The van der Waals surface area contributed by atoms with Crippen LogP contribution in [0.2, 0.25) is 0 Å². The maximum atomic E-state index is 12.7. The van der Waals surface area contributed by atoms with Gasteiger partial charge in [-0.1, -0.05) is 0 Å². The highest BCUT2D eigenvalue weighted by Gasteiger charge is 2.14. The Bertz CT molecular complexity index is 508. The second kappa shape index (κ2) is 3.73. The molecule has 15 heavy (non-hydrogen) atoms. The number of anilines is 1. The second-order valence-corrected chi connectivity index (χ2v) is 4.28. The van der Waals surface area contributed by atoms with Gasteiger partial charge in [-0.15, -0.1) is 4.40 Å². The Kier molecular flexibility index (Phi) is 2.80. The van der Waals surface area contributed by atoms with E-state index in [-0.39, 0.29) is 10.6 Å². The minimum Gasteiger partial charge on any atom is -0.396 e. The molecule has 0 aliphatic rings. The summed E-state index contributed by atoms with van der Waals surface area (Å²) in [5, 5.41) is 0. The van der Waals surface area contributed by atoms with E-state index in [1.165, 1.54) is 0 Å². The fourth-order valence-corrected chi connectivity index (χ4v) is 1.77. The molecule has 0 spiro atoms. The highest BCUT2D eigenvalue weighted by atomic mass is 32.2. The third-order valence-corrected chi connectivity index (χ3v) is 2.79. The summed E-state index contributed by atoms with van der Waals surface area (Å²) in [7, 11) is -4.01. The molecule has 0 heterocycles. The van der Waals surface area contributed by atoms with E-state index < -0.39 is 21.8 Å². The van der Waals surface area contributed by atoms with E-state index in [1.54, 1.807) is 0 Å². The molecular weight excluding hydrogens is 223 g/mol. The van der Waals surface area contributed by atoms with Gasteiger partial charge in [0.25, 0.3) is 10.0 Å². The molecule has 0 fully saturated rings. The maximum Gasteiger partial charge on any atom is 0.285 e. The lowest BCUT2D eigenvalue weighted by atomic mass is 10.3. The van der Waals surface area contributed by atoms with Crippen LogP contribution in [0.1, 0.15) is 0 Å². The average molecular weight is 232 g/mol. The van der Waals surface area contributed by atoms with Crippen LogP contribution < -0.4 is 17.2 Å². The summed E-state index contributed by atoms with van der Waals surface area (Å²) < 4.78 is 38.5. The molecule has 1 aromatic rings. The van der Waals surface area contributed by atoms with E-state index in [1.807, 2.05) is 0 Å². The first-order valence-corrected chi connectivity index (χ1v) is 5.18. The lowest BCUT2D eigenvalue weighted by Crippen LogP contribution is -2.24. The van der Waals surface area contributed by atoms with Crippen molar-refractivity contribution in [3.63, 3.8) is 0 Å². The number of nitrogen functional groups attached to an aromatic ring is 1. The molecule has 0 saturated carbocycles. The molecule has 0 atom stereocenters. The quantitative estimate of drug-likeness (QED) is 0.355. The maximum absolute atomic E-state index is 12.7. The fourth-order valence-electron chi connectivity index (χ4n) is 0.874. The number of halogens is 1. The van der Waals surface area contributed by atoms with E-state index in [0.717, 1.165) is 18.2 Å². The Morgan fingerprint density at radius 1 is 1.33 bits per heavy atom. The SMILES string of the molecule is NC(N)=NS(=O)(=O)c1ccc(F)c(N)c1. The number of hydrogen-bond donors (Lipinski definition) is 3. The van der Waals surface area contributed by atoms with E-state index >= 15 is 0 Å². The Morgan fingerprint density at radius 2 is 1.93 bits per heavy atom. The number of nitrogens with two attached hydrogens (primary N) is 3. The Morgan fingerprint density at radius 3 is 2.40 bits per heavy atom. The molecule has 0 aliphatic heterocycles. The van der Waals surface area contributed by atoms with Crippen LogP contribution >= 0.6 is 0 Å². The number of hydrogen-bond acceptors (Lipinski definition) is 3. The van der Waals surface area contributed by atoms with E-state index in [0.29, 0.717) is 0 Å². The first-order chi connectivity index (χ1) is 6.83. The molecule has 0 aliphatic carbocycles. The summed E-state index contributed by atoms with van der Waals surface area (Å²) in [6.45, 7) is 0. The van der Waals surface area contributed by atoms with Gasteiger partial charge in [-0.3, -0.25) is 0 Å². The van der Waals surface area contributed by atoms with Crippen LogP contribution in [0.15, 0.2) is 27.5 Å². The Balaban J connectivity index is 3.29. The highest BCUT2D eigenvalue weighted by Crippen LogP contribution is 2.18. The smallest absolute Gasteiger partial charge is 0.285 e. The third-order valence-electron chi connectivity index (χ3n) is 1.49. The van der Waals surface area contributed by atoms with Crippen molar-refractivity contribution < 1.29 is 12.8 Å². The Hall–Kier alpha value is -1.83. The topological polar surface area (TPSA) is 125 Å². The molecule has 8 heteroatoms. The number of guanidine groups is 1. The van der Waals surface area contributed by atoms with E-state index in [9.17, 15) is 12.8 Å². The molecular formula is C7H9FN4O2S. The Labute approximate surface area is 85.6 Å². The van der Waals surface area contributed by atoms with Gasteiger partial charge in [0, 0.05) is 0 Å². The van der Waals surface area contributed by atoms with Crippen LogP contribution in [0.25, 0.3) is 0 Å². The van der Waals surface area contributed by atoms with E-state index in [4.69, 9.17) is 17.2 Å². The molecule has 0 unspecified atom stereocenters. The normalized spacial score (nSPS) is 11.0. The van der Waals surface area contributed by atoms with Gasteiger partial charge in [0.2, 0.25) is 5.96 Å². The molecule has 6 N–H and O–H groups in total. The van der Waals surface area contributed by atoms with Gasteiger partial charge in [-0.2, -0.15) is 8.42 Å². The molecule has 1 aromatic carbocycles. The lowest BCUT2D eigenvalue weighted by Gasteiger charge is -2.01. The summed E-state index contributed by atoms with van der Waals surface area (Å²) in [5.74, 6) is -1.31. The van der Waals surface area contributed by atoms with Crippen molar-refractivity contribution in [1.29, 1.82) is 0 Å². The molecule has 0 amide bonds. The van der Waals surface area contributed by atoms with Crippen molar-refractivity contribution in [3.05, 3.63) is 24.0 Å². The molecule has 0 bridgehead atoms. The van der Waals surface area contributed by atoms with Gasteiger partial charge in [0.05, 0.1) is 10.6 Å². The minimum absolute atomic E-state index is 0.269. The van der Waals surface area contributed by atoms with Crippen molar-refractivity contribution in [2.75, 3.05) is 5.73 Å². The standard InChI is InChI=1S/C7H9FN4O2S/c8-5-2-1-4(3-6(5)9)15(13,14)12-7(10)11/h1-3H,9H2,(H4,10,11,12). The van der Waals surface area contributed by atoms with Crippen molar-refractivity contribution in [1.82, 2.24) is 0 Å². The first kappa shape index (κ1) is 11.2. The van der Waals surface area contributed by atoms with Crippen molar-refractivity contribution in [2.45, 2.75) is 4.90 Å². The fraction of sp³-hybridized carbons (Fsp3) is 0. The minimum atomic E-state index is -4.01. The van der Waals surface area contributed by atoms with Crippen molar-refractivity contribution in [2.24, 2.45) is 15.9 Å². The lowest BCUT2D eigenvalue weighted by molar-refractivity contribution is 0.597. The van der Waals surface area contributed by atoms with Crippen LogP contribution in [-0.2, 0) is 10.0 Å². The predicted octanol–water partition coefficient (Wildman–Crippen LogP) is -0.630. The third kappa shape index (κ3) is 2.56. The van der Waals surface area contributed by atoms with Crippen LogP contribution in [0.4, 0.5) is 10.1 Å². The zero-order chi connectivity index (χ0) is 11.6. The number of benzene rings is 1. The molecule has 0 saturated heterocycles. The van der Waals surface area contributed by atoms with Gasteiger partial charge >= 0.3 is 0 Å². The van der Waals surface area contributed by atoms with Crippen molar-refractivity contribution >= 4 is 21.7 Å². The molecule has 6 nitrogen and oxygen atoms in total. The van der Waals surface area contributed by atoms with Crippen LogP contribution in [-0.4, -0.2) is 14.4 Å². The molecule has 0 radical (unpaired) electrons. The molecule has 0 aromatic heterocycles. The zero-order valence-corrected chi connectivity index (χ0v) is 8.33. The summed E-state index contributed by atoms with van der Waals surface area (Å²) in [5.41, 5.74) is 14.8. The first-order valence-electron chi connectivity index (χ1n) is 3.74. The van der Waals surface area contributed by atoms with Gasteiger partial charge in [-0.25, -0.2) is 4.39 Å². The molecule has 82 valence electrons. The summed E-state index contributed by atoms with van der Waals surface area (Å²) in [4.78, 5) is -0.269. The summed E-state index contributed by atoms with van der Waals surface area (Å²) >= 11 is 0. The summed E-state index contributed by atoms with van der Waals surface area (Å²) in [6, 6.07) is 2.88. The largest absolute Gasteiger partial charge is 0.396 e.